The van der Waals surface area contributed by atoms with Crippen LogP contribution in [0.25, 0.3) is 0 Å². The number of carbonyl (C=O) groups is 3. The number of hydrogen-bond donors (Lipinski definition) is 2. The van der Waals surface area contributed by atoms with Crippen LogP contribution in [0.1, 0.15) is 38.7 Å². The summed E-state index contributed by atoms with van der Waals surface area (Å²) in [4.78, 5) is 39.2. The highest BCUT2D eigenvalue weighted by atomic mass is 16.5. The van der Waals surface area contributed by atoms with Crippen LogP contribution in [0.4, 0.5) is 0 Å². The number of fused-ring (bicyclic) bond motifs is 1. The van der Waals surface area contributed by atoms with E-state index in [1.165, 1.54) is 4.90 Å². The summed E-state index contributed by atoms with van der Waals surface area (Å²) in [6.45, 7) is 4.67. The van der Waals surface area contributed by atoms with Crippen molar-refractivity contribution >= 4 is 17.8 Å². The lowest BCUT2D eigenvalue weighted by molar-refractivity contribution is -0.152. The molecular formula is C23H32N2O6. The lowest BCUT2D eigenvalue weighted by Crippen LogP contribution is -2.56. The molecule has 8 heteroatoms. The molecule has 2 fully saturated rings. The molecule has 31 heavy (non-hydrogen) atoms. The summed E-state index contributed by atoms with van der Waals surface area (Å²) in [7, 11) is 0. The first-order valence-electron chi connectivity index (χ1n) is 11.0. The fourth-order valence-electron chi connectivity index (χ4n) is 4.61. The SMILES string of the molecule is CCOC(=O)C(CCc1ccccc1)N[C@@H](C)C(=O)N1C(C(=O)O)CC2COCCC21. The Morgan fingerprint density at radius 1 is 1.29 bits per heavy atom. The molecule has 2 aliphatic heterocycles. The molecule has 0 bridgehead atoms. The van der Waals surface area contributed by atoms with Crippen LogP contribution < -0.4 is 5.32 Å². The Labute approximate surface area is 182 Å². The molecule has 2 N–H and O–H groups in total. The van der Waals surface area contributed by atoms with E-state index >= 15 is 0 Å². The number of nitrogens with zero attached hydrogens (tertiary/aromatic N) is 1. The van der Waals surface area contributed by atoms with Crippen LogP contribution >= 0.6 is 0 Å². The monoisotopic (exact) mass is 432 g/mol. The first-order chi connectivity index (χ1) is 14.9. The van der Waals surface area contributed by atoms with Crippen molar-refractivity contribution in [3.05, 3.63) is 35.9 Å². The molecule has 0 aliphatic carbocycles. The number of carboxylic acid groups (broad SMARTS) is 1. The van der Waals surface area contributed by atoms with Crippen molar-refractivity contribution in [2.45, 2.75) is 63.7 Å². The van der Waals surface area contributed by atoms with Gasteiger partial charge >= 0.3 is 11.9 Å². The Kier molecular flexibility index (Phi) is 8.03. The minimum absolute atomic E-state index is 0.0323. The number of nitrogens with one attached hydrogen (secondary N) is 1. The molecule has 0 radical (unpaired) electrons. The van der Waals surface area contributed by atoms with Crippen molar-refractivity contribution in [1.82, 2.24) is 10.2 Å². The fraction of sp³-hybridized carbons (Fsp3) is 0.609. The molecule has 2 saturated heterocycles. The number of esters is 1. The summed E-state index contributed by atoms with van der Waals surface area (Å²) >= 11 is 0. The van der Waals surface area contributed by atoms with Crippen LogP contribution in [0, 0.1) is 5.92 Å². The van der Waals surface area contributed by atoms with E-state index in [0.717, 1.165) is 5.56 Å². The zero-order chi connectivity index (χ0) is 22.4. The standard InChI is InChI=1S/C23H32N2O6/c1-3-31-23(29)18(10-9-16-7-5-4-6-8-16)24-15(2)21(26)25-19-11-12-30-14-17(19)13-20(25)22(27)28/h4-8,15,17-20,24H,3,9-14H2,1-2H3,(H,27,28)/t15-,17?,18?,19?,20?/m0/s1. The van der Waals surface area contributed by atoms with Gasteiger partial charge in [-0.1, -0.05) is 30.3 Å². The van der Waals surface area contributed by atoms with Gasteiger partial charge in [0.05, 0.1) is 19.3 Å². The van der Waals surface area contributed by atoms with Gasteiger partial charge in [-0.05, 0) is 45.1 Å². The number of ether oxygens (including phenoxy) is 2. The smallest absolute Gasteiger partial charge is 0.326 e. The highest BCUT2D eigenvalue weighted by Gasteiger charge is 2.49. The summed E-state index contributed by atoms with van der Waals surface area (Å²) in [5.41, 5.74) is 1.09. The predicted octanol–water partition coefficient (Wildman–Crippen LogP) is 1.62. The lowest BCUT2D eigenvalue weighted by Gasteiger charge is -2.35. The van der Waals surface area contributed by atoms with E-state index in [2.05, 4.69) is 5.32 Å². The van der Waals surface area contributed by atoms with E-state index in [4.69, 9.17) is 9.47 Å². The average molecular weight is 433 g/mol. The molecule has 170 valence electrons. The first-order valence-corrected chi connectivity index (χ1v) is 11.0. The summed E-state index contributed by atoms with van der Waals surface area (Å²) in [6.07, 6.45) is 2.15. The van der Waals surface area contributed by atoms with Crippen molar-refractivity contribution in [1.29, 1.82) is 0 Å². The second kappa shape index (κ2) is 10.7. The van der Waals surface area contributed by atoms with Crippen LogP contribution in [0.15, 0.2) is 30.3 Å². The fourth-order valence-corrected chi connectivity index (χ4v) is 4.61. The number of carboxylic acids is 1. The van der Waals surface area contributed by atoms with Crippen molar-refractivity contribution < 1.29 is 29.0 Å². The Morgan fingerprint density at radius 2 is 2.03 bits per heavy atom. The van der Waals surface area contributed by atoms with E-state index in [0.29, 0.717) is 38.9 Å². The van der Waals surface area contributed by atoms with Crippen molar-refractivity contribution in [3.8, 4) is 0 Å². The van der Waals surface area contributed by atoms with E-state index < -0.39 is 30.1 Å². The third-order valence-electron chi connectivity index (χ3n) is 6.15. The van der Waals surface area contributed by atoms with Crippen LogP contribution in [-0.2, 0) is 30.3 Å². The van der Waals surface area contributed by atoms with Gasteiger partial charge in [0.1, 0.15) is 12.1 Å². The quantitative estimate of drug-likeness (QED) is 0.571. The van der Waals surface area contributed by atoms with E-state index in [-0.39, 0.29) is 24.5 Å². The number of benzene rings is 1. The number of aryl methyl sites for hydroxylation is 1. The maximum absolute atomic E-state index is 13.3. The third kappa shape index (κ3) is 5.62. The predicted molar refractivity (Wildman–Crippen MR) is 113 cm³/mol. The number of aliphatic carboxylic acids is 1. The van der Waals surface area contributed by atoms with Crippen molar-refractivity contribution in [2.24, 2.45) is 5.92 Å². The topological polar surface area (TPSA) is 105 Å². The maximum atomic E-state index is 13.3. The zero-order valence-electron chi connectivity index (χ0n) is 18.2. The van der Waals surface area contributed by atoms with Gasteiger partial charge < -0.3 is 19.5 Å². The van der Waals surface area contributed by atoms with E-state index in [1.807, 2.05) is 30.3 Å². The number of hydrogen-bond acceptors (Lipinski definition) is 6. The molecule has 1 aromatic carbocycles. The minimum Gasteiger partial charge on any atom is -0.480 e. The number of rotatable bonds is 9. The third-order valence-corrected chi connectivity index (χ3v) is 6.15. The molecular weight excluding hydrogens is 400 g/mol. The summed E-state index contributed by atoms with van der Waals surface area (Å²) < 4.78 is 10.7. The van der Waals surface area contributed by atoms with Gasteiger partial charge in [0, 0.05) is 18.6 Å². The Bertz CT molecular complexity index is 771. The second-order valence-electron chi connectivity index (χ2n) is 8.24. The minimum atomic E-state index is -0.999. The summed E-state index contributed by atoms with van der Waals surface area (Å²) in [6, 6.07) is 7.42. The number of amides is 1. The van der Waals surface area contributed by atoms with Crippen LogP contribution in [0.5, 0.6) is 0 Å². The van der Waals surface area contributed by atoms with Gasteiger partial charge in [0.2, 0.25) is 5.91 Å². The molecule has 1 amide bonds. The molecule has 0 saturated carbocycles. The largest absolute Gasteiger partial charge is 0.480 e. The first kappa shape index (κ1) is 23.2. The van der Waals surface area contributed by atoms with Crippen molar-refractivity contribution in [2.75, 3.05) is 19.8 Å². The normalized spacial score (nSPS) is 24.8. The molecule has 2 heterocycles. The Hall–Kier alpha value is -2.45. The summed E-state index contributed by atoms with van der Waals surface area (Å²) in [5, 5.41) is 12.8. The van der Waals surface area contributed by atoms with E-state index in [1.54, 1.807) is 13.8 Å². The Balaban J connectivity index is 1.70. The number of carbonyl (C=O) groups excluding carboxylic acids is 2. The maximum Gasteiger partial charge on any atom is 0.326 e. The van der Waals surface area contributed by atoms with Crippen LogP contribution in [0.2, 0.25) is 0 Å². The van der Waals surface area contributed by atoms with Crippen molar-refractivity contribution in [3.63, 3.8) is 0 Å². The highest BCUT2D eigenvalue weighted by molar-refractivity contribution is 5.88. The van der Waals surface area contributed by atoms with E-state index in [9.17, 15) is 19.5 Å². The van der Waals surface area contributed by atoms with Crippen LogP contribution in [-0.4, -0.2) is 71.8 Å². The molecule has 3 rings (SSSR count). The zero-order valence-corrected chi connectivity index (χ0v) is 18.2. The average Bonchev–Trinajstić information content (AvgIpc) is 3.16. The van der Waals surface area contributed by atoms with Gasteiger partial charge in [-0.25, -0.2) is 4.79 Å². The Morgan fingerprint density at radius 3 is 2.71 bits per heavy atom. The molecule has 1 aromatic rings. The van der Waals surface area contributed by atoms with Crippen LogP contribution in [0.3, 0.4) is 0 Å². The van der Waals surface area contributed by atoms with Gasteiger partial charge in [-0.3, -0.25) is 14.9 Å². The molecule has 2 aliphatic rings. The second-order valence-corrected chi connectivity index (χ2v) is 8.24. The number of likely N-dealkylation sites (tertiary alicyclic amines) is 1. The summed E-state index contributed by atoms with van der Waals surface area (Å²) in [5.74, 6) is -1.67. The molecule has 0 aromatic heterocycles. The highest BCUT2D eigenvalue weighted by Crippen LogP contribution is 2.35. The lowest BCUT2D eigenvalue weighted by atomic mass is 9.96. The molecule has 8 nitrogen and oxygen atoms in total. The van der Waals surface area contributed by atoms with Gasteiger partial charge in [-0.15, -0.1) is 0 Å². The van der Waals surface area contributed by atoms with Gasteiger partial charge in [0.15, 0.2) is 0 Å². The van der Waals surface area contributed by atoms with Gasteiger partial charge in [-0.2, -0.15) is 0 Å². The van der Waals surface area contributed by atoms with Gasteiger partial charge in [0.25, 0.3) is 0 Å². The molecule has 4 unspecified atom stereocenters. The molecule has 0 spiro atoms. The molecule has 5 atom stereocenters.